The summed E-state index contributed by atoms with van der Waals surface area (Å²) in [5.41, 5.74) is 2.55. The highest BCUT2D eigenvalue weighted by Gasteiger charge is 2.35. The van der Waals surface area contributed by atoms with Gasteiger partial charge in [-0.3, -0.25) is 19.3 Å². The molecule has 2 aliphatic heterocycles. The van der Waals surface area contributed by atoms with Gasteiger partial charge in [-0.15, -0.1) is 0 Å². The van der Waals surface area contributed by atoms with Crippen LogP contribution in [0.3, 0.4) is 0 Å². The Hall–Kier alpha value is -2.87. The summed E-state index contributed by atoms with van der Waals surface area (Å²) in [6.07, 6.45) is 0.0248. The first kappa shape index (κ1) is 20.4. The Balaban J connectivity index is 1.39. The average molecular weight is 473 g/mol. The number of imide groups is 1. The standard InChI is InChI=1S/C22H21BrN2O5/c1-12-3-4-14-16(9-12)22(28)25(21(14)27)6-5-20(26)24-13(2)15-10-18-19(11-17(15)23)30-8-7-29-18/h3-4,9-11,13H,5-8H2,1-2H3,(H,24,26). The molecule has 0 aliphatic carbocycles. The average Bonchev–Trinajstić information content (AvgIpc) is 2.95. The molecule has 0 saturated carbocycles. The first-order valence-corrected chi connectivity index (χ1v) is 10.5. The molecule has 2 heterocycles. The largest absolute Gasteiger partial charge is 0.486 e. The van der Waals surface area contributed by atoms with Gasteiger partial charge in [0.2, 0.25) is 5.91 Å². The molecule has 2 aromatic carbocycles. The molecule has 8 heteroatoms. The molecule has 4 rings (SSSR count). The van der Waals surface area contributed by atoms with Gasteiger partial charge in [-0.25, -0.2) is 0 Å². The topological polar surface area (TPSA) is 84.9 Å². The molecule has 0 saturated heterocycles. The third-order valence-electron chi connectivity index (χ3n) is 5.19. The molecule has 2 aliphatic rings. The summed E-state index contributed by atoms with van der Waals surface area (Å²) in [5.74, 6) is 0.342. The molecule has 0 fully saturated rings. The van der Waals surface area contributed by atoms with Crippen LogP contribution in [0.25, 0.3) is 0 Å². The Labute approximate surface area is 182 Å². The van der Waals surface area contributed by atoms with E-state index >= 15 is 0 Å². The Morgan fingerprint density at radius 1 is 1.10 bits per heavy atom. The first-order valence-electron chi connectivity index (χ1n) is 9.70. The molecule has 0 aromatic heterocycles. The maximum Gasteiger partial charge on any atom is 0.261 e. The number of nitrogens with one attached hydrogen (secondary N) is 1. The van der Waals surface area contributed by atoms with Crippen molar-refractivity contribution in [2.75, 3.05) is 19.8 Å². The maximum absolute atomic E-state index is 12.5. The van der Waals surface area contributed by atoms with Crippen LogP contribution in [0.5, 0.6) is 11.5 Å². The summed E-state index contributed by atoms with van der Waals surface area (Å²) < 4.78 is 12.0. The zero-order valence-electron chi connectivity index (χ0n) is 16.7. The number of benzene rings is 2. The lowest BCUT2D eigenvalue weighted by molar-refractivity contribution is -0.121. The van der Waals surface area contributed by atoms with Gasteiger partial charge in [-0.2, -0.15) is 0 Å². The Kier molecular flexibility index (Phi) is 5.51. The molecule has 7 nitrogen and oxygen atoms in total. The van der Waals surface area contributed by atoms with Crippen LogP contribution in [0, 0.1) is 6.92 Å². The van der Waals surface area contributed by atoms with E-state index in [1.54, 1.807) is 18.2 Å². The van der Waals surface area contributed by atoms with Crippen LogP contribution in [-0.4, -0.2) is 42.4 Å². The SMILES string of the molecule is Cc1ccc2c(c1)C(=O)N(CCC(=O)NC(C)c1cc3c(cc1Br)OCCO3)C2=O. The Morgan fingerprint density at radius 2 is 1.77 bits per heavy atom. The number of nitrogens with zero attached hydrogens (tertiary/aromatic N) is 1. The van der Waals surface area contributed by atoms with Crippen molar-refractivity contribution in [1.82, 2.24) is 10.2 Å². The minimum absolute atomic E-state index is 0.0248. The van der Waals surface area contributed by atoms with E-state index in [4.69, 9.17) is 9.47 Å². The van der Waals surface area contributed by atoms with Gasteiger partial charge < -0.3 is 14.8 Å². The number of carbonyl (C=O) groups excluding carboxylic acids is 3. The molecule has 2 aromatic rings. The van der Waals surface area contributed by atoms with Gasteiger partial charge in [0.15, 0.2) is 11.5 Å². The predicted octanol–water partition coefficient (Wildman–Crippen LogP) is 3.39. The van der Waals surface area contributed by atoms with Crippen LogP contribution < -0.4 is 14.8 Å². The zero-order valence-corrected chi connectivity index (χ0v) is 18.2. The lowest BCUT2D eigenvalue weighted by Crippen LogP contribution is -2.35. The van der Waals surface area contributed by atoms with Gasteiger partial charge in [-0.05, 0) is 43.7 Å². The van der Waals surface area contributed by atoms with Gasteiger partial charge in [0.25, 0.3) is 11.8 Å². The lowest BCUT2D eigenvalue weighted by atomic mass is 10.1. The Morgan fingerprint density at radius 3 is 2.50 bits per heavy atom. The Bertz CT molecular complexity index is 1050. The number of halogens is 1. The van der Waals surface area contributed by atoms with E-state index in [0.717, 1.165) is 20.5 Å². The normalized spacial score (nSPS) is 15.8. The van der Waals surface area contributed by atoms with Crippen molar-refractivity contribution in [2.24, 2.45) is 0 Å². The van der Waals surface area contributed by atoms with E-state index in [9.17, 15) is 14.4 Å². The highest BCUT2D eigenvalue weighted by Crippen LogP contribution is 2.37. The third kappa shape index (κ3) is 3.79. The molecule has 30 heavy (non-hydrogen) atoms. The highest BCUT2D eigenvalue weighted by atomic mass is 79.9. The van der Waals surface area contributed by atoms with Gasteiger partial charge in [0.05, 0.1) is 17.2 Å². The molecule has 0 bridgehead atoms. The summed E-state index contributed by atoms with van der Waals surface area (Å²) in [5, 5.41) is 2.91. The van der Waals surface area contributed by atoms with Crippen molar-refractivity contribution in [3.05, 3.63) is 57.1 Å². The van der Waals surface area contributed by atoms with E-state index in [0.29, 0.717) is 35.8 Å². The fraction of sp³-hybridized carbons (Fsp3) is 0.318. The fourth-order valence-electron chi connectivity index (χ4n) is 3.62. The maximum atomic E-state index is 12.5. The van der Waals surface area contributed by atoms with E-state index in [1.165, 1.54) is 0 Å². The summed E-state index contributed by atoms with van der Waals surface area (Å²) in [4.78, 5) is 38.7. The smallest absolute Gasteiger partial charge is 0.261 e. The number of carbonyl (C=O) groups is 3. The van der Waals surface area contributed by atoms with Crippen molar-refractivity contribution >= 4 is 33.7 Å². The minimum Gasteiger partial charge on any atom is -0.486 e. The van der Waals surface area contributed by atoms with Crippen LogP contribution in [0.4, 0.5) is 0 Å². The molecular weight excluding hydrogens is 452 g/mol. The van der Waals surface area contributed by atoms with Crippen LogP contribution in [-0.2, 0) is 4.79 Å². The molecular formula is C22H21BrN2O5. The van der Waals surface area contributed by atoms with Crippen molar-refractivity contribution in [3.8, 4) is 11.5 Å². The van der Waals surface area contributed by atoms with Crippen molar-refractivity contribution in [3.63, 3.8) is 0 Å². The monoisotopic (exact) mass is 472 g/mol. The van der Waals surface area contributed by atoms with Crippen molar-refractivity contribution < 1.29 is 23.9 Å². The van der Waals surface area contributed by atoms with E-state index in [-0.39, 0.29) is 36.7 Å². The summed E-state index contributed by atoms with van der Waals surface area (Å²) in [6, 6.07) is 8.53. The third-order valence-corrected chi connectivity index (χ3v) is 5.88. The van der Waals surface area contributed by atoms with Gasteiger partial charge in [0, 0.05) is 17.4 Å². The molecule has 1 N–H and O–H groups in total. The number of hydrogen-bond acceptors (Lipinski definition) is 5. The summed E-state index contributed by atoms with van der Waals surface area (Å²) >= 11 is 3.51. The fourth-order valence-corrected chi connectivity index (χ4v) is 4.29. The lowest BCUT2D eigenvalue weighted by Gasteiger charge is -2.22. The van der Waals surface area contributed by atoms with E-state index in [1.807, 2.05) is 26.0 Å². The van der Waals surface area contributed by atoms with Crippen molar-refractivity contribution in [1.29, 1.82) is 0 Å². The van der Waals surface area contributed by atoms with Crippen LogP contribution in [0.1, 0.15) is 51.2 Å². The molecule has 3 amide bonds. The highest BCUT2D eigenvalue weighted by molar-refractivity contribution is 9.10. The predicted molar refractivity (Wildman–Crippen MR) is 113 cm³/mol. The second-order valence-corrected chi connectivity index (χ2v) is 8.22. The van der Waals surface area contributed by atoms with E-state index < -0.39 is 0 Å². The molecule has 0 spiro atoms. The van der Waals surface area contributed by atoms with Crippen LogP contribution >= 0.6 is 15.9 Å². The first-order chi connectivity index (χ1) is 14.3. The summed E-state index contributed by atoms with van der Waals surface area (Å²) in [6.45, 7) is 4.74. The molecule has 1 unspecified atom stereocenters. The molecule has 0 radical (unpaired) electrons. The van der Waals surface area contributed by atoms with Gasteiger partial charge in [0.1, 0.15) is 13.2 Å². The number of rotatable bonds is 5. The second kappa shape index (κ2) is 8.10. The second-order valence-electron chi connectivity index (χ2n) is 7.37. The quantitative estimate of drug-likeness (QED) is 0.674. The number of fused-ring (bicyclic) bond motifs is 2. The number of ether oxygens (including phenoxy) is 2. The minimum atomic E-state index is -0.356. The van der Waals surface area contributed by atoms with Gasteiger partial charge in [-0.1, -0.05) is 27.6 Å². The van der Waals surface area contributed by atoms with Gasteiger partial charge >= 0.3 is 0 Å². The molecule has 1 atom stereocenters. The molecule has 156 valence electrons. The van der Waals surface area contributed by atoms with E-state index in [2.05, 4.69) is 21.2 Å². The number of hydrogen-bond donors (Lipinski definition) is 1. The van der Waals surface area contributed by atoms with Crippen LogP contribution in [0.2, 0.25) is 0 Å². The van der Waals surface area contributed by atoms with Crippen LogP contribution in [0.15, 0.2) is 34.8 Å². The number of aryl methyl sites for hydroxylation is 1. The summed E-state index contributed by atoms with van der Waals surface area (Å²) in [7, 11) is 0. The number of amides is 3. The van der Waals surface area contributed by atoms with Crippen molar-refractivity contribution in [2.45, 2.75) is 26.3 Å². The zero-order chi connectivity index (χ0) is 21.4.